The first-order chi connectivity index (χ1) is 10.0. The number of nitrogens with one attached hydrogen (secondary N) is 2. The zero-order valence-electron chi connectivity index (χ0n) is 11.3. The molecular weight excluding hydrogens is 296 g/mol. The Balaban J connectivity index is 1.77. The van der Waals surface area contributed by atoms with Crippen molar-refractivity contribution in [1.29, 1.82) is 0 Å². The fraction of sp³-hybridized carbons (Fsp3) is 0.462. The van der Waals surface area contributed by atoms with Crippen molar-refractivity contribution in [3.8, 4) is 0 Å². The number of ether oxygens (including phenoxy) is 1. The van der Waals surface area contributed by atoms with Crippen LogP contribution in [0, 0.1) is 0 Å². The van der Waals surface area contributed by atoms with Gasteiger partial charge in [-0.1, -0.05) is 0 Å². The SMILES string of the molecule is O=C(CCNC(=O)c1ccsc1)NC1(C(=O)O)CCOC1. The Morgan fingerprint density at radius 1 is 1.43 bits per heavy atom. The molecule has 0 radical (unpaired) electrons. The minimum Gasteiger partial charge on any atom is -0.479 e. The fourth-order valence-electron chi connectivity index (χ4n) is 2.00. The molecule has 3 N–H and O–H groups in total. The molecule has 1 aliphatic heterocycles. The number of hydrogen-bond acceptors (Lipinski definition) is 5. The molecule has 0 spiro atoms. The maximum atomic E-state index is 11.8. The highest BCUT2D eigenvalue weighted by Gasteiger charge is 2.43. The minimum atomic E-state index is -1.34. The van der Waals surface area contributed by atoms with Gasteiger partial charge in [0.25, 0.3) is 5.91 Å². The third-order valence-electron chi connectivity index (χ3n) is 3.23. The van der Waals surface area contributed by atoms with Crippen LogP contribution in [0.2, 0.25) is 0 Å². The van der Waals surface area contributed by atoms with Crippen molar-refractivity contribution in [3.63, 3.8) is 0 Å². The van der Waals surface area contributed by atoms with E-state index in [1.807, 2.05) is 0 Å². The van der Waals surface area contributed by atoms with Crippen molar-refractivity contribution in [2.75, 3.05) is 19.8 Å². The smallest absolute Gasteiger partial charge is 0.331 e. The molecule has 1 saturated heterocycles. The molecule has 0 bridgehead atoms. The lowest BCUT2D eigenvalue weighted by atomic mass is 9.99. The third kappa shape index (κ3) is 3.79. The molecule has 1 unspecified atom stereocenters. The lowest BCUT2D eigenvalue weighted by Crippen LogP contribution is -2.55. The Morgan fingerprint density at radius 3 is 2.81 bits per heavy atom. The Hall–Kier alpha value is -1.93. The lowest BCUT2D eigenvalue weighted by molar-refractivity contribution is -0.147. The average molecular weight is 312 g/mol. The first-order valence-electron chi connectivity index (χ1n) is 6.46. The van der Waals surface area contributed by atoms with Crippen LogP contribution < -0.4 is 10.6 Å². The predicted molar refractivity (Wildman–Crippen MR) is 75.2 cm³/mol. The Bertz CT molecular complexity index is 523. The van der Waals surface area contributed by atoms with Crippen molar-refractivity contribution in [1.82, 2.24) is 10.6 Å². The summed E-state index contributed by atoms with van der Waals surface area (Å²) in [7, 11) is 0. The molecule has 1 aliphatic rings. The van der Waals surface area contributed by atoms with Crippen LogP contribution in [0.4, 0.5) is 0 Å². The maximum Gasteiger partial charge on any atom is 0.331 e. The van der Waals surface area contributed by atoms with Crippen molar-refractivity contribution in [2.45, 2.75) is 18.4 Å². The lowest BCUT2D eigenvalue weighted by Gasteiger charge is -2.23. The van der Waals surface area contributed by atoms with E-state index in [2.05, 4.69) is 10.6 Å². The standard InChI is InChI=1S/C13H16N2O5S/c16-10(15-13(12(18)19)3-5-20-8-13)1-4-14-11(17)9-2-6-21-7-9/h2,6-7H,1,3-5,8H2,(H,14,17)(H,15,16)(H,18,19). The van der Waals surface area contributed by atoms with E-state index in [9.17, 15) is 19.5 Å². The van der Waals surface area contributed by atoms with Crippen LogP contribution >= 0.6 is 11.3 Å². The summed E-state index contributed by atoms with van der Waals surface area (Å²) in [6, 6.07) is 1.69. The van der Waals surface area contributed by atoms with Gasteiger partial charge in [0.05, 0.1) is 6.61 Å². The normalized spacial score (nSPS) is 21.0. The van der Waals surface area contributed by atoms with Crippen molar-refractivity contribution >= 4 is 29.1 Å². The van der Waals surface area contributed by atoms with E-state index in [4.69, 9.17) is 4.74 Å². The summed E-state index contributed by atoms with van der Waals surface area (Å²) in [5.74, 6) is -1.77. The third-order valence-corrected chi connectivity index (χ3v) is 3.91. The molecule has 8 heteroatoms. The molecule has 0 aromatic carbocycles. The number of thiophene rings is 1. The van der Waals surface area contributed by atoms with Gasteiger partial charge >= 0.3 is 5.97 Å². The zero-order valence-corrected chi connectivity index (χ0v) is 12.1. The summed E-state index contributed by atoms with van der Waals surface area (Å²) in [6.45, 7) is 0.424. The number of carboxylic acid groups (broad SMARTS) is 1. The van der Waals surface area contributed by atoms with Crippen LogP contribution in [0.1, 0.15) is 23.2 Å². The summed E-state index contributed by atoms with van der Waals surface area (Å²) < 4.78 is 5.05. The van der Waals surface area contributed by atoms with Crippen molar-refractivity contribution in [2.24, 2.45) is 0 Å². The van der Waals surface area contributed by atoms with Gasteiger partial charge in [-0.2, -0.15) is 11.3 Å². The molecule has 7 nitrogen and oxygen atoms in total. The van der Waals surface area contributed by atoms with E-state index in [1.165, 1.54) is 11.3 Å². The Kier molecular flexibility index (Phi) is 4.92. The molecule has 1 atom stereocenters. The maximum absolute atomic E-state index is 11.8. The molecule has 1 fully saturated rings. The largest absolute Gasteiger partial charge is 0.479 e. The summed E-state index contributed by atoms with van der Waals surface area (Å²) in [4.78, 5) is 34.7. The number of rotatable bonds is 6. The molecule has 1 aromatic rings. The molecule has 2 heterocycles. The molecule has 2 rings (SSSR count). The monoisotopic (exact) mass is 312 g/mol. The highest BCUT2D eigenvalue weighted by Crippen LogP contribution is 2.19. The number of carbonyl (C=O) groups excluding carboxylic acids is 2. The van der Waals surface area contributed by atoms with Gasteiger partial charge in [-0.3, -0.25) is 9.59 Å². The van der Waals surface area contributed by atoms with Crippen LogP contribution in [-0.2, 0) is 14.3 Å². The van der Waals surface area contributed by atoms with Gasteiger partial charge in [0.1, 0.15) is 0 Å². The van der Waals surface area contributed by atoms with Crippen LogP contribution in [0.3, 0.4) is 0 Å². The molecule has 1 aromatic heterocycles. The van der Waals surface area contributed by atoms with E-state index < -0.39 is 17.4 Å². The molecule has 2 amide bonds. The quantitative estimate of drug-likeness (QED) is 0.697. The van der Waals surface area contributed by atoms with Gasteiger partial charge in [-0.05, 0) is 11.4 Å². The average Bonchev–Trinajstić information content (AvgIpc) is 3.10. The molecule has 0 saturated carbocycles. The molecule has 21 heavy (non-hydrogen) atoms. The summed E-state index contributed by atoms with van der Waals surface area (Å²) >= 11 is 1.41. The topological polar surface area (TPSA) is 105 Å². The number of carbonyl (C=O) groups is 3. The first-order valence-corrected chi connectivity index (χ1v) is 7.40. The summed E-state index contributed by atoms with van der Waals surface area (Å²) in [5.41, 5.74) is -0.791. The van der Waals surface area contributed by atoms with E-state index in [0.29, 0.717) is 12.2 Å². The molecule has 0 aliphatic carbocycles. The number of hydrogen-bond donors (Lipinski definition) is 3. The Morgan fingerprint density at radius 2 is 2.24 bits per heavy atom. The minimum absolute atomic E-state index is 0.0188. The molecular formula is C13H16N2O5S. The second-order valence-corrected chi connectivity index (χ2v) is 5.54. The fourth-order valence-corrected chi connectivity index (χ4v) is 2.64. The van der Waals surface area contributed by atoms with Crippen LogP contribution in [-0.4, -0.2) is 48.2 Å². The van der Waals surface area contributed by atoms with Crippen molar-refractivity contribution < 1.29 is 24.2 Å². The van der Waals surface area contributed by atoms with E-state index >= 15 is 0 Å². The van der Waals surface area contributed by atoms with Gasteiger partial charge < -0.3 is 20.5 Å². The van der Waals surface area contributed by atoms with E-state index in [-0.39, 0.29) is 31.9 Å². The summed E-state index contributed by atoms with van der Waals surface area (Å²) in [5, 5.41) is 17.8. The highest BCUT2D eigenvalue weighted by molar-refractivity contribution is 7.08. The second-order valence-electron chi connectivity index (χ2n) is 4.76. The van der Waals surface area contributed by atoms with Gasteiger partial charge in [0.2, 0.25) is 5.91 Å². The van der Waals surface area contributed by atoms with Crippen LogP contribution in [0.15, 0.2) is 16.8 Å². The van der Waals surface area contributed by atoms with Gasteiger partial charge in [-0.15, -0.1) is 0 Å². The molecule has 114 valence electrons. The van der Waals surface area contributed by atoms with E-state index in [1.54, 1.807) is 16.8 Å². The Labute approximate surface area is 125 Å². The second kappa shape index (κ2) is 6.68. The predicted octanol–water partition coefficient (Wildman–Crippen LogP) is 0.228. The van der Waals surface area contributed by atoms with E-state index in [0.717, 1.165) is 0 Å². The highest BCUT2D eigenvalue weighted by atomic mass is 32.1. The van der Waals surface area contributed by atoms with Gasteiger partial charge in [0, 0.05) is 36.9 Å². The number of carboxylic acids is 1. The van der Waals surface area contributed by atoms with Crippen LogP contribution in [0.5, 0.6) is 0 Å². The zero-order chi connectivity index (χ0) is 15.3. The summed E-state index contributed by atoms with van der Waals surface area (Å²) in [6.07, 6.45) is 0.264. The van der Waals surface area contributed by atoms with Gasteiger partial charge in [0.15, 0.2) is 5.54 Å². The van der Waals surface area contributed by atoms with Gasteiger partial charge in [-0.25, -0.2) is 4.79 Å². The number of amides is 2. The number of aliphatic carboxylic acids is 1. The van der Waals surface area contributed by atoms with Crippen LogP contribution in [0.25, 0.3) is 0 Å². The van der Waals surface area contributed by atoms with Crippen molar-refractivity contribution in [3.05, 3.63) is 22.4 Å². The first kappa shape index (κ1) is 15.5.